The van der Waals surface area contributed by atoms with Crippen molar-refractivity contribution in [1.29, 1.82) is 0 Å². The van der Waals surface area contributed by atoms with E-state index in [0.717, 1.165) is 25.8 Å². The first kappa shape index (κ1) is 24.9. The lowest BCUT2D eigenvalue weighted by molar-refractivity contribution is -0.150. The van der Waals surface area contributed by atoms with E-state index in [1.807, 2.05) is 19.0 Å². The molecule has 0 heterocycles. The minimum atomic E-state index is -0.854. The average molecular weight is 370 g/mol. The lowest BCUT2D eigenvalue weighted by Gasteiger charge is -2.23. The summed E-state index contributed by atoms with van der Waals surface area (Å²) in [5, 5.41) is 0. The van der Waals surface area contributed by atoms with Crippen LogP contribution in [-0.2, 0) is 19.1 Å². The van der Waals surface area contributed by atoms with Gasteiger partial charge in [0.05, 0.1) is 0 Å². The molecule has 5 heteroatoms. The van der Waals surface area contributed by atoms with Crippen molar-refractivity contribution in [2.75, 3.05) is 33.9 Å². The van der Waals surface area contributed by atoms with E-state index in [9.17, 15) is 9.59 Å². The summed E-state index contributed by atoms with van der Waals surface area (Å²) in [5.41, 5.74) is -0.854. The molecule has 0 aromatic carbocycles. The van der Waals surface area contributed by atoms with Gasteiger partial charge in [-0.25, -0.2) is 0 Å². The van der Waals surface area contributed by atoms with Crippen LogP contribution in [0, 0.1) is 19.3 Å². The van der Waals surface area contributed by atoms with E-state index in [0.29, 0.717) is 12.8 Å². The third kappa shape index (κ3) is 16.4. The van der Waals surface area contributed by atoms with Gasteiger partial charge in [0.2, 0.25) is 0 Å². The summed E-state index contributed by atoms with van der Waals surface area (Å²) in [6, 6.07) is 0. The largest absolute Gasteiger partial charge is 0.465 e. The molecule has 0 fully saturated rings. The second-order valence-electron chi connectivity index (χ2n) is 7.60. The SMILES string of the molecule is [CH2]C([CH2])(COC(=O)CCCCCCCCC)COC(=O)CCCN(C)C. The predicted molar refractivity (Wildman–Crippen MR) is 105 cm³/mol. The van der Waals surface area contributed by atoms with Gasteiger partial charge in [0.1, 0.15) is 13.2 Å². The van der Waals surface area contributed by atoms with Gasteiger partial charge in [0, 0.05) is 18.3 Å². The topological polar surface area (TPSA) is 55.8 Å². The number of nitrogens with zero attached hydrogens (tertiary/aromatic N) is 1. The molecule has 152 valence electrons. The van der Waals surface area contributed by atoms with Crippen molar-refractivity contribution in [3.8, 4) is 0 Å². The van der Waals surface area contributed by atoms with Crippen LogP contribution in [0.15, 0.2) is 0 Å². The number of hydrogen-bond acceptors (Lipinski definition) is 5. The second-order valence-corrected chi connectivity index (χ2v) is 7.60. The quantitative estimate of drug-likeness (QED) is 0.301. The van der Waals surface area contributed by atoms with Gasteiger partial charge in [0.15, 0.2) is 0 Å². The second kappa shape index (κ2) is 15.0. The molecule has 0 aromatic rings. The molecule has 0 rings (SSSR count). The predicted octanol–water partition coefficient (Wildman–Crippen LogP) is 4.21. The van der Waals surface area contributed by atoms with Crippen molar-refractivity contribution in [2.24, 2.45) is 5.41 Å². The Labute approximate surface area is 160 Å². The number of ether oxygens (including phenoxy) is 2. The van der Waals surface area contributed by atoms with Crippen LogP contribution in [0.2, 0.25) is 0 Å². The van der Waals surface area contributed by atoms with Crippen LogP contribution in [0.3, 0.4) is 0 Å². The molecule has 0 unspecified atom stereocenters. The fourth-order valence-electron chi connectivity index (χ4n) is 2.42. The highest BCUT2D eigenvalue weighted by Gasteiger charge is 2.23. The molecule has 2 radical (unpaired) electrons. The molecule has 0 aliphatic rings. The smallest absolute Gasteiger partial charge is 0.305 e. The third-order valence-corrected chi connectivity index (χ3v) is 4.05. The Kier molecular flexibility index (Phi) is 14.4. The summed E-state index contributed by atoms with van der Waals surface area (Å²) in [7, 11) is 3.92. The fourth-order valence-corrected chi connectivity index (χ4v) is 2.42. The Morgan fingerprint density at radius 3 is 1.77 bits per heavy atom. The van der Waals surface area contributed by atoms with Crippen molar-refractivity contribution in [3.63, 3.8) is 0 Å². The normalized spacial score (nSPS) is 11.6. The molecule has 0 aromatic heterocycles. The van der Waals surface area contributed by atoms with Crippen LogP contribution >= 0.6 is 0 Å². The molecular weight excluding hydrogens is 330 g/mol. The van der Waals surface area contributed by atoms with Gasteiger partial charge in [-0.3, -0.25) is 9.59 Å². The monoisotopic (exact) mass is 369 g/mol. The van der Waals surface area contributed by atoms with Gasteiger partial charge in [0.25, 0.3) is 0 Å². The zero-order valence-electron chi connectivity index (χ0n) is 17.2. The Bertz CT molecular complexity index is 380. The lowest BCUT2D eigenvalue weighted by Crippen LogP contribution is -2.29. The average Bonchev–Trinajstić information content (AvgIpc) is 2.57. The highest BCUT2D eigenvalue weighted by Crippen LogP contribution is 2.16. The van der Waals surface area contributed by atoms with Crippen LogP contribution in [0.25, 0.3) is 0 Å². The van der Waals surface area contributed by atoms with Crippen molar-refractivity contribution in [1.82, 2.24) is 4.90 Å². The molecule has 0 aliphatic carbocycles. The molecule has 26 heavy (non-hydrogen) atoms. The molecule has 5 nitrogen and oxygen atoms in total. The Hall–Kier alpha value is -1.10. The van der Waals surface area contributed by atoms with Gasteiger partial charge in [-0.05, 0) is 47.3 Å². The highest BCUT2D eigenvalue weighted by atomic mass is 16.5. The zero-order valence-corrected chi connectivity index (χ0v) is 17.2. The Morgan fingerprint density at radius 1 is 0.808 bits per heavy atom. The maximum atomic E-state index is 11.8. The number of unbranched alkanes of at least 4 members (excludes halogenated alkanes) is 6. The standard InChI is InChI=1S/C21H39NO4/c1-6-7-8-9-10-11-12-14-19(23)25-17-21(2,3)18-26-20(24)15-13-16-22(4)5/h2-3,6-18H2,1,4-5H3. The molecular formula is C21H39NO4. The summed E-state index contributed by atoms with van der Waals surface area (Å²) < 4.78 is 10.4. The van der Waals surface area contributed by atoms with Gasteiger partial charge >= 0.3 is 11.9 Å². The van der Waals surface area contributed by atoms with E-state index in [4.69, 9.17) is 9.47 Å². The number of hydrogen-bond donors (Lipinski definition) is 0. The van der Waals surface area contributed by atoms with Crippen LogP contribution in [0.5, 0.6) is 0 Å². The Morgan fingerprint density at radius 2 is 1.27 bits per heavy atom. The number of carbonyl (C=O) groups is 2. The fraction of sp³-hybridized carbons (Fsp3) is 0.810. The van der Waals surface area contributed by atoms with E-state index in [-0.39, 0.29) is 25.2 Å². The van der Waals surface area contributed by atoms with Crippen molar-refractivity contribution < 1.29 is 19.1 Å². The van der Waals surface area contributed by atoms with Gasteiger partial charge < -0.3 is 14.4 Å². The molecule has 0 aliphatic heterocycles. The van der Waals surface area contributed by atoms with Crippen LogP contribution in [-0.4, -0.2) is 50.7 Å². The molecule has 0 amide bonds. The maximum absolute atomic E-state index is 11.8. The molecule has 0 N–H and O–H groups in total. The maximum Gasteiger partial charge on any atom is 0.305 e. The summed E-state index contributed by atoms with van der Waals surface area (Å²) in [4.78, 5) is 25.5. The third-order valence-electron chi connectivity index (χ3n) is 4.05. The van der Waals surface area contributed by atoms with E-state index in [1.165, 1.54) is 32.1 Å². The summed E-state index contributed by atoms with van der Waals surface area (Å²) in [6.45, 7) is 10.9. The van der Waals surface area contributed by atoms with Gasteiger partial charge in [-0.2, -0.15) is 0 Å². The van der Waals surface area contributed by atoms with E-state index < -0.39 is 5.41 Å². The Balaban J connectivity index is 3.74. The highest BCUT2D eigenvalue weighted by molar-refractivity contribution is 5.69. The molecule has 0 spiro atoms. The van der Waals surface area contributed by atoms with Crippen molar-refractivity contribution >= 4 is 11.9 Å². The number of carbonyl (C=O) groups excluding carboxylic acids is 2. The molecule has 0 saturated carbocycles. The van der Waals surface area contributed by atoms with E-state index >= 15 is 0 Å². The molecule has 0 atom stereocenters. The minimum Gasteiger partial charge on any atom is -0.465 e. The molecule has 0 bridgehead atoms. The van der Waals surface area contributed by atoms with E-state index in [1.54, 1.807) is 0 Å². The number of esters is 2. The van der Waals surface area contributed by atoms with Gasteiger partial charge in [-0.1, -0.05) is 45.4 Å². The van der Waals surface area contributed by atoms with Gasteiger partial charge in [-0.15, -0.1) is 0 Å². The summed E-state index contributed by atoms with van der Waals surface area (Å²) in [5.74, 6) is -0.495. The van der Waals surface area contributed by atoms with Crippen LogP contribution in [0.1, 0.15) is 71.1 Å². The lowest BCUT2D eigenvalue weighted by atomic mass is 9.96. The first-order valence-electron chi connectivity index (χ1n) is 9.93. The summed E-state index contributed by atoms with van der Waals surface area (Å²) >= 11 is 0. The first-order chi connectivity index (χ1) is 12.3. The first-order valence-corrected chi connectivity index (χ1v) is 9.93. The van der Waals surface area contributed by atoms with Crippen molar-refractivity contribution in [3.05, 3.63) is 13.8 Å². The minimum absolute atomic E-state index is 0.0541. The zero-order chi connectivity index (χ0) is 19.8. The summed E-state index contributed by atoms with van der Waals surface area (Å²) in [6.07, 6.45) is 9.68. The number of rotatable bonds is 16. The van der Waals surface area contributed by atoms with E-state index in [2.05, 4.69) is 20.8 Å². The molecule has 0 saturated heterocycles. The van der Waals surface area contributed by atoms with Crippen LogP contribution < -0.4 is 0 Å². The van der Waals surface area contributed by atoms with Crippen LogP contribution in [0.4, 0.5) is 0 Å². The van der Waals surface area contributed by atoms with Crippen molar-refractivity contribution in [2.45, 2.75) is 71.1 Å².